The summed E-state index contributed by atoms with van der Waals surface area (Å²) in [6.07, 6.45) is 16.7. The molecule has 4 aromatic rings. The van der Waals surface area contributed by atoms with Gasteiger partial charge in [-0.25, -0.2) is 24.9 Å². The van der Waals surface area contributed by atoms with E-state index in [2.05, 4.69) is 76.8 Å². The van der Waals surface area contributed by atoms with E-state index < -0.39 is 0 Å². The lowest BCUT2D eigenvalue weighted by atomic mass is 9.93. The van der Waals surface area contributed by atoms with Crippen molar-refractivity contribution in [1.82, 2.24) is 34.9 Å². The molecule has 2 aromatic carbocycles. The van der Waals surface area contributed by atoms with Gasteiger partial charge in [-0.3, -0.25) is 0 Å². The normalized spacial score (nSPS) is 19.0. The molecule has 2 aliphatic carbocycles. The minimum Gasteiger partial charge on any atom is -0.327 e. The summed E-state index contributed by atoms with van der Waals surface area (Å²) in [5, 5.41) is 1.99. The van der Waals surface area contributed by atoms with Gasteiger partial charge in [0.2, 0.25) is 0 Å². The standard InChI is InChI=1S/C33H21N7/c1-3-11-20-18(9-1)26-17-27-19-10-2-4-12-21(19)29(35-27)37-31-23-14-6-8-16-25(23)33(39-31)40-32-24-15-7-5-13-22(24)30(38-32)36-28(20)34-26/h1-18,22H,(H,36,38)(H,35,37,39,40). The first kappa shape index (κ1) is 21.5. The second kappa shape index (κ2) is 8.04. The van der Waals surface area contributed by atoms with Gasteiger partial charge in [-0.05, 0) is 6.07 Å². The first-order chi connectivity index (χ1) is 19.8. The highest BCUT2D eigenvalue weighted by Crippen LogP contribution is 2.37. The predicted octanol–water partition coefficient (Wildman–Crippen LogP) is 4.83. The fourth-order valence-electron chi connectivity index (χ4n) is 6.07. The molecule has 188 valence electrons. The highest BCUT2D eigenvalue weighted by molar-refractivity contribution is 6.04. The minimum atomic E-state index is -0.0227. The Kier molecular flexibility index (Phi) is 4.32. The van der Waals surface area contributed by atoms with Crippen LogP contribution in [0.15, 0.2) is 103 Å². The summed E-state index contributed by atoms with van der Waals surface area (Å²) in [5.74, 6) is 1.48. The molecule has 5 heterocycles. The Hall–Kier alpha value is -5.43. The van der Waals surface area contributed by atoms with Crippen LogP contribution < -0.4 is 11.0 Å². The summed E-state index contributed by atoms with van der Waals surface area (Å²) < 4.78 is 0. The summed E-state index contributed by atoms with van der Waals surface area (Å²) in [6, 6.07) is 18.5. The van der Waals surface area contributed by atoms with Crippen molar-refractivity contribution >= 4 is 33.2 Å². The molecule has 0 saturated carbocycles. The van der Waals surface area contributed by atoms with E-state index in [-0.39, 0.29) is 11.8 Å². The van der Waals surface area contributed by atoms with Crippen molar-refractivity contribution in [2.24, 2.45) is 0 Å². The maximum atomic E-state index is 5.11. The molecule has 0 fully saturated rings. The lowest BCUT2D eigenvalue weighted by Gasteiger charge is -2.10. The molecular formula is C33H21N7. The fraction of sp³-hybridized carbons (Fsp3) is 0.0606. The van der Waals surface area contributed by atoms with Crippen LogP contribution in [0.4, 0.5) is 0 Å². The first-order valence-electron chi connectivity index (χ1n) is 13.4. The molecule has 0 saturated heterocycles. The van der Waals surface area contributed by atoms with Crippen LogP contribution in [0.1, 0.15) is 23.4 Å². The third-order valence-electron chi connectivity index (χ3n) is 7.97. The van der Waals surface area contributed by atoms with Crippen molar-refractivity contribution in [3.63, 3.8) is 0 Å². The lowest BCUT2D eigenvalue weighted by molar-refractivity contribution is 0.927. The molecule has 3 aliphatic heterocycles. The van der Waals surface area contributed by atoms with Gasteiger partial charge in [0.25, 0.3) is 0 Å². The number of hydrogen-bond acceptors (Lipinski definition) is 5. The number of fused-ring (bicyclic) bond motifs is 18. The van der Waals surface area contributed by atoms with Gasteiger partial charge in [0.05, 0.1) is 17.3 Å². The number of allylic oxidation sites excluding steroid dienone is 8. The Morgan fingerprint density at radius 1 is 0.600 bits per heavy atom. The van der Waals surface area contributed by atoms with E-state index in [4.69, 9.17) is 24.9 Å². The summed E-state index contributed by atoms with van der Waals surface area (Å²) in [7, 11) is 0. The van der Waals surface area contributed by atoms with Crippen molar-refractivity contribution in [2.75, 3.05) is 0 Å². The van der Waals surface area contributed by atoms with Crippen LogP contribution in [-0.2, 0) is 0 Å². The molecule has 8 bridgehead atoms. The topological polar surface area (TPSA) is 96.0 Å². The fourth-order valence-corrected chi connectivity index (χ4v) is 6.07. The van der Waals surface area contributed by atoms with E-state index >= 15 is 0 Å². The zero-order valence-corrected chi connectivity index (χ0v) is 21.2. The number of aromatic nitrogens is 7. The molecular weight excluding hydrogens is 494 g/mol. The molecule has 5 aliphatic rings. The predicted molar refractivity (Wildman–Crippen MR) is 156 cm³/mol. The molecule has 7 heteroatoms. The molecule has 9 rings (SSSR count). The van der Waals surface area contributed by atoms with Crippen LogP contribution in [0.5, 0.6) is 0 Å². The van der Waals surface area contributed by atoms with E-state index in [0.717, 1.165) is 67.0 Å². The molecule has 0 amide bonds. The summed E-state index contributed by atoms with van der Waals surface area (Å²) in [5.41, 5.74) is 8.91. The van der Waals surface area contributed by atoms with Crippen molar-refractivity contribution in [3.8, 4) is 22.6 Å². The molecule has 40 heavy (non-hydrogen) atoms. The van der Waals surface area contributed by atoms with Crippen molar-refractivity contribution < 1.29 is 0 Å². The quantitative estimate of drug-likeness (QED) is 0.308. The zero-order valence-electron chi connectivity index (χ0n) is 21.2. The maximum Gasteiger partial charge on any atom is 0.162 e. The smallest absolute Gasteiger partial charge is 0.162 e. The first-order valence-corrected chi connectivity index (χ1v) is 13.4. The molecule has 0 spiro atoms. The third-order valence-corrected chi connectivity index (χ3v) is 7.97. The average molecular weight is 516 g/mol. The van der Waals surface area contributed by atoms with Crippen LogP contribution in [-0.4, -0.2) is 34.9 Å². The molecule has 2 N–H and O–H groups in total. The van der Waals surface area contributed by atoms with Gasteiger partial charge in [0.1, 0.15) is 22.6 Å². The number of nitrogens with one attached hydrogen (secondary N) is 2. The summed E-state index contributed by atoms with van der Waals surface area (Å²) in [6.45, 7) is 0. The van der Waals surface area contributed by atoms with Crippen LogP contribution in [0.2, 0.25) is 0 Å². The molecule has 2 atom stereocenters. The van der Waals surface area contributed by atoms with E-state index in [1.54, 1.807) is 0 Å². The molecule has 2 aromatic heterocycles. The highest BCUT2D eigenvalue weighted by Gasteiger charge is 2.27. The van der Waals surface area contributed by atoms with Gasteiger partial charge in [0, 0.05) is 39.0 Å². The number of rotatable bonds is 0. The van der Waals surface area contributed by atoms with Gasteiger partial charge in [-0.2, -0.15) is 0 Å². The van der Waals surface area contributed by atoms with Gasteiger partial charge < -0.3 is 9.97 Å². The Balaban J connectivity index is 1.48. The lowest BCUT2D eigenvalue weighted by Crippen LogP contribution is -2.14. The third kappa shape index (κ3) is 3.09. The Bertz CT molecular complexity index is 2240. The van der Waals surface area contributed by atoms with Crippen LogP contribution in [0, 0.1) is 0 Å². The second-order valence-corrected chi connectivity index (χ2v) is 10.3. The number of H-pyrrole nitrogens is 2. The second-order valence-electron chi connectivity index (χ2n) is 10.3. The zero-order chi connectivity index (χ0) is 26.2. The van der Waals surface area contributed by atoms with Gasteiger partial charge >= 0.3 is 0 Å². The van der Waals surface area contributed by atoms with Crippen LogP contribution >= 0.6 is 0 Å². The molecule has 7 nitrogen and oxygen atoms in total. The molecule has 2 unspecified atom stereocenters. The monoisotopic (exact) mass is 515 g/mol. The maximum absolute atomic E-state index is 5.11. The van der Waals surface area contributed by atoms with E-state index in [1.807, 2.05) is 36.4 Å². The van der Waals surface area contributed by atoms with Crippen molar-refractivity contribution in [2.45, 2.75) is 11.8 Å². The van der Waals surface area contributed by atoms with E-state index in [0.29, 0.717) is 11.3 Å². The van der Waals surface area contributed by atoms with Crippen LogP contribution in [0.25, 0.3) is 55.9 Å². The number of hydrogen-bond donors (Lipinski definition) is 2. The summed E-state index contributed by atoms with van der Waals surface area (Å²) in [4.78, 5) is 32.4. The molecule has 0 radical (unpaired) electrons. The Morgan fingerprint density at radius 2 is 1.32 bits per heavy atom. The van der Waals surface area contributed by atoms with Crippen molar-refractivity contribution in [1.29, 1.82) is 0 Å². The van der Waals surface area contributed by atoms with Gasteiger partial charge in [0.15, 0.2) is 11.3 Å². The Labute approximate surface area is 228 Å². The Morgan fingerprint density at radius 3 is 2.17 bits per heavy atom. The number of benzene rings is 2. The van der Waals surface area contributed by atoms with E-state index in [1.165, 1.54) is 0 Å². The number of nitrogens with zero attached hydrogens (tertiary/aromatic N) is 5. The SMILES string of the molecule is C1=CC2=c3nc(cc4nc(nc5[nH]c(nc6[nH]c(n3)C3C=CC=CC=63)c3ccccc53)-c3ccccc3-4)C2C=C1. The van der Waals surface area contributed by atoms with E-state index in [9.17, 15) is 0 Å². The van der Waals surface area contributed by atoms with Crippen molar-refractivity contribution in [3.05, 3.63) is 126 Å². The van der Waals surface area contributed by atoms with Gasteiger partial charge in [-0.15, -0.1) is 0 Å². The highest BCUT2D eigenvalue weighted by atomic mass is 15.0. The number of aromatic amines is 2. The largest absolute Gasteiger partial charge is 0.327 e. The average Bonchev–Trinajstić information content (AvgIpc) is 3.73. The minimum absolute atomic E-state index is 0.0187. The van der Waals surface area contributed by atoms with Gasteiger partial charge in [-0.1, -0.05) is 97.1 Å². The summed E-state index contributed by atoms with van der Waals surface area (Å²) >= 11 is 0. The van der Waals surface area contributed by atoms with Crippen LogP contribution in [0.3, 0.4) is 0 Å².